The number of sulfonamides is 1. The van der Waals surface area contributed by atoms with Crippen LogP contribution in [0.5, 0.6) is 5.75 Å². The van der Waals surface area contributed by atoms with Crippen molar-refractivity contribution in [3.63, 3.8) is 0 Å². The fraction of sp³-hybridized carbons (Fsp3) is 0.333. The first-order valence-corrected chi connectivity index (χ1v) is 15.8. The number of benzene rings is 3. The summed E-state index contributed by atoms with van der Waals surface area (Å²) in [4.78, 5) is 39.3. The number of nitro groups is 1. The van der Waals surface area contributed by atoms with Gasteiger partial charge in [0.05, 0.1) is 32.7 Å². The zero-order chi connectivity index (χ0) is 32.8. The van der Waals surface area contributed by atoms with Crippen LogP contribution in [0.25, 0.3) is 0 Å². The number of methoxy groups -OCH3 is 1. The summed E-state index contributed by atoms with van der Waals surface area (Å²) in [5, 5.41) is 15.0. The van der Waals surface area contributed by atoms with Crippen LogP contribution in [0.3, 0.4) is 0 Å². The van der Waals surface area contributed by atoms with E-state index in [2.05, 4.69) is 5.32 Å². The van der Waals surface area contributed by atoms with Crippen molar-refractivity contribution in [2.75, 3.05) is 18.0 Å². The number of amides is 2. The van der Waals surface area contributed by atoms with Crippen molar-refractivity contribution in [3.05, 3.63) is 92.0 Å². The first kappa shape index (κ1) is 34.6. The lowest BCUT2D eigenvalue weighted by Gasteiger charge is -2.33. The maximum Gasteiger partial charge on any atom is 0.273 e. The average molecular weight is 666 g/mol. The van der Waals surface area contributed by atoms with Crippen LogP contribution in [0.2, 0.25) is 10.0 Å². The average Bonchev–Trinajstić information content (AvgIpc) is 2.97. The van der Waals surface area contributed by atoms with Gasteiger partial charge in [0.2, 0.25) is 11.8 Å². The molecule has 0 aliphatic heterocycles. The lowest BCUT2D eigenvalue weighted by atomic mass is 10.1. The highest BCUT2D eigenvalue weighted by atomic mass is 35.5. The molecule has 0 heterocycles. The van der Waals surface area contributed by atoms with Crippen LogP contribution in [-0.2, 0) is 26.2 Å². The molecule has 3 aromatic carbocycles. The van der Waals surface area contributed by atoms with E-state index in [1.807, 2.05) is 0 Å². The molecule has 236 valence electrons. The summed E-state index contributed by atoms with van der Waals surface area (Å²) in [7, 11) is -3.08. The van der Waals surface area contributed by atoms with Gasteiger partial charge in [-0.15, -0.1) is 0 Å². The standard InChI is InChI=1S/C30H34Cl2N4O7S/c1-6-27(30(38)33-19(2)3)34(17-21-8-14-25(31)26(32)15-21)29(37)18-35(22-9-11-23(43-5)12-10-22)44(41,42)24-13-7-20(4)28(16-24)36(39)40/h7-16,19,27H,6,17-18H2,1-5H3,(H,33,38). The molecule has 0 saturated heterocycles. The summed E-state index contributed by atoms with van der Waals surface area (Å²) in [5.41, 5.74) is 0.564. The van der Waals surface area contributed by atoms with Crippen molar-refractivity contribution in [2.24, 2.45) is 0 Å². The minimum Gasteiger partial charge on any atom is -0.497 e. The van der Waals surface area contributed by atoms with E-state index in [9.17, 15) is 28.1 Å². The van der Waals surface area contributed by atoms with Crippen LogP contribution in [0.4, 0.5) is 11.4 Å². The molecule has 1 unspecified atom stereocenters. The second-order valence-corrected chi connectivity index (χ2v) is 12.9. The maximum absolute atomic E-state index is 14.2. The first-order valence-electron chi connectivity index (χ1n) is 13.6. The van der Waals surface area contributed by atoms with E-state index in [0.717, 1.165) is 10.4 Å². The molecule has 0 aliphatic rings. The molecule has 1 atom stereocenters. The first-order chi connectivity index (χ1) is 20.7. The second kappa shape index (κ2) is 14.7. The quantitative estimate of drug-likeness (QED) is 0.181. The molecular formula is C30H34Cl2N4O7S. The Morgan fingerprint density at radius 2 is 1.68 bits per heavy atom. The topological polar surface area (TPSA) is 139 Å². The molecule has 0 bridgehead atoms. The van der Waals surface area contributed by atoms with Gasteiger partial charge in [0.15, 0.2) is 0 Å². The van der Waals surface area contributed by atoms with Gasteiger partial charge in [-0.25, -0.2) is 8.42 Å². The monoisotopic (exact) mass is 664 g/mol. The molecule has 2 amide bonds. The Labute approximate surface area is 266 Å². The third kappa shape index (κ3) is 8.19. The van der Waals surface area contributed by atoms with E-state index in [1.165, 1.54) is 55.3 Å². The van der Waals surface area contributed by atoms with Crippen molar-refractivity contribution in [1.82, 2.24) is 10.2 Å². The second-order valence-electron chi connectivity index (χ2n) is 10.3. The summed E-state index contributed by atoms with van der Waals surface area (Å²) < 4.78 is 34.2. The molecule has 14 heteroatoms. The van der Waals surface area contributed by atoms with Gasteiger partial charge in [-0.1, -0.05) is 42.3 Å². The number of rotatable bonds is 13. The van der Waals surface area contributed by atoms with Gasteiger partial charge < -0.3 is 15.0 Å². The number of hydrogen-bond donors (Lipinski definition) is 1. The highest BCUT2D eigenvalue weighted by molar-refractivity contribution is 7.92. The summed E-state index contributed by atoms with van der Waals surface area (Å²) in [5.74, 6) is -0.659. The van der Waals surface area contributed by atoms with E-state index in [4.69, 9.17) is 27.9 Å². The predicted octanol–water partition coefficient (Wildman–Crippen LogP) is 5.75. The van der Waals surface area contributed by atoms with Gasteiger partial charge in [-0.3, -0.25) is 24.0 Å². The number of ether oxygens (including phenoxy) is 1. The molecule has 3 aromatic rings. The lowest BCUT2D eigenvalue weighted by molar-refractivity contribution is -0.385. The zero-order valence-corrected chi connectivity index (χ0v) is 27.2. The van der Waals surface area contributed by atoms with Crippen LogP contribution >= 0.6 is 23.2 Å². The number of nitrogens with zero attached hydrogens (tertiary/aromatic N) is 3. The fourth-order valence-corrected chi connectivity index (χ4v) is 6.24. The van der Waals surface area contributed by atoms with E-state index >= 15 is 0 Å². The molecule has 0 fully saturated rings. The fourth-order valence-electron chi connectivity index (χ4n) is 4.49. The number of aryl methyl sites for hydroxylation is 1. The van der Waals surface area contributed by atoms with Gasteiger partial charge in [0, 0.05) is 24.2 Å². The summed E-state index contributed by atoms with van der Waals surface area (Å²) in [6.07, 6.45) is 0.227. The molecule has 1 N–H and O–H groups in total. The minimum atomic E-state index is -4.53. The number of anilines is 1. The smallest absolute Gasteiger partial charge is 0.273 e. The van der Waals surface area contributed by atoms with E-state index in [1.54, 1.807) is 39.0 Å². The molecule has 11 nitrogen and oxygen atoms in total. The highest BCUT2D eigenvalue weighted by Gasteiger charge is 2.34. The molecule has 0 saturated carbocycles. The van der Waals surface area contributed by atoms with Crippen molar-refractivity contribution in [2.45, 2.75) is 57.6 Å². The van der Waals surface area contributed by atoms with Crippen LogP contribution in [0.1, 0.15) is 38.3 Å². The Bertz CT molecular complexity index is 1630. The number of carbonyl (C=O) groups excluding carboxylic acids is 2. The number of halogens is 2. The van der Waals surface area contributed by atoms with E-state index in [-0.39, 0.29) is 45.9 Å². The van der Waals surface area contributed by atoms with Crippen molar-refractivity contribution < 1.29 is 27.7 Å². The molecule has 44 heavy (non-hydrogen) atoms. The largest absolute Gasteiger partial charge is 0.497 e. The Balaban J connectivity index is 2.14. The van der Waals surface area contributed by atoms with E-state index < -0.39 is 39.3 Å². The maximum atomic E-state index is 14.2. The summed E-state index contributed by atoms with van der Waals surface area (Å²) in [6, 6.07) is 13.1. The Kier molecular flexibility index (Phi) is 11.6. The van der Waals surface area contributed by atoms with Gasteiger partial charge >= 0.3 is 0 Å². The zero-order valence-electron chi connectivity index (χ0n) is 24.9. The van der Waals surface area contributed by atoms with Crippen molar-refractivity contribution >= 4 is 56.4 Å². The SMILES string of the molecule is CCC(C(=O)NC(C)C)N(Cc1ccc(Cl)c(Cl)c1)C(=O)CN(c1ccc(OC)cc1)S(=O)(=O)c1ccc(C)c([N+](=O)[O-])c1. The van der Waals surface area contributed by atoms with Crippen LogP contribution in [0.15, 0.2) is 65.6 Å². The van der Waals surface area contributed by atoms with Crippen LogP contribution < -0.4 is 14.4 Å². The molecule has 0 aliphatic carbocycles. The molecule has 3 rings (SSSR count). The Hall–Kier alpha value is -3.87. The predicted molar refractivity (Wildman–Crippen MR) is 170 cm³/mol. The molecule has 0 spiro atoms. The lowest BCUT2D eigenvalue weighted by Crippen LogP contribution is -2.53. The third-order valence-electron chi connectivity index (χ3n) is 6.76. The van der Waals surface area contributed by atoms with Gasteiger partial charge in [-0.2, -0.15) is 0 Å². The van der Waals surface area contributed by atoms with Gasteiger partial charge in [0.25, 0.3) is 15.7 Å². The minimum absolute atomic E-state index is 0.0771. The molecular weight excluding hydrogens is 631 g/mol. The number of hydrogen-bond acceptors (Lipinski definition) is 7. The summed E-state index contributed by atoms with van der Waals surface area (Å²) >= 11 is 12.3. The summed E-state index contributed by atoms with van der Waals surface area (Å²) in [6.45, 7) is 6.01. The number of nitrogens with one attached hydrogen (secondary N) is 1. The van der Waals surface area contributed by atoms with Crippen LogP contribution in [0, 0.1) is 17.0 Å². The van der Waals surface area contributed by atoms with Crippen LogP contribution in [-0.4, -0.2) is 55.8 Å². The molecule has 0 radical (unpaired) electrons. The highest BCUT2D eigenvalue weighted by Crippen LogP contribution is 2.30. The van der Waals surface area contributed by atoms with Gasteiger partial charge in [-0.05, 0) is 75.2 Å². The van der Waals surface area contributed by atoms with Crippen molar-refractivity contribution in [3.8, 4) is 5.75 Å². The Morgan fingerprint density at radius 1 is 1.02 bits per heavy atom. The Morgan fingerprint density at radius 3 is 2.23 bits per heavy atom. The third-order valence-corrected chi connectivity index (χ3v) is 9.27. The van der Waals surface area contributed by atoms with E-state index in [0.29, 0.717) is 16.3 Å². The molecule has 0 aromatic heterocycles. The number of nitro benzene ring substituents is 1. The van der Waals surface area contributed by atoms with Gasteiger partial charge in [0.1, 0.15) is 18.3 Å². The normalized spacial score (nSPS) is 12.0. The van der Waals surface area contributed by atoms with Crippen molar-refractivity contribution in [1.29, 1.82) is 0 Å². The number of carbonyl (C=O) groups is 2.